The van der Waals surface area contributed by atoms with Crippen LogP contribution in [0.5, 0.6) is 0 Å². The maximum atomic E-state index is 5.30. The second kappa shape index (κ2) is 4.99. The Hall–Kier alpha value is -1.55. The van der Waals surface area contributed by atoms with Crippen LogP contribution in [0.25, 0.3) is 0 Å². The molecule has 0 saturated carbocycles. The number of aromatic nitrogens is 2. The first kappa shape index (κ1) is 11.0. The lowest BCUT2D eigenvalue weighted by atomic mass is 10.2. The summed E-state index contributed by atoms with van der Waals surface area (Å²) in [7, 11) is 2.00. The molecule has 0 saturated heterocycles. The molecule has 1 N–H and O–H groups in total. The molecule has 1 atom stereocenters. The van der Waals surface area contributed by atoms with Gasteiger partial charge in [-0.3, -0.25) is 0 Å². The van der Waals surface area contributed by atoms with Crippen LogP contribution in [0.2, 0.25) is 0 Å². The summed E-state index contributed by atoms with van der Waals surface area (Å²) < 4.78 is 7.32. The van der Waals surface area contributed by atoms with Gasteiger partial charge in [-0.05, 0) is 19.1 Å². The molecular weight excluding hydrogens is 202 g/mol. The van der Waals surface area contributed by atoms with Crippen molar-refractivity contribution in [2.24, 2.45) is 7.05 Å². The van der Waals surface area contributed by atoms with Gasteiger partial charge in [-0.2, -0.15) is 0 Å². The Morgan fingerprint density at radius 3 is 3.06 bits per heavy atom. The van der Waals surface area contributed by atoms with Gasteiger partial charge < -0.3 is 14.3 Å². The van der Waals surface area contributed by atoms with Gasteiger partial charge in [-0.1, -0.05) is 0 Å². The van der Waals surface area contributed by atoms with Crippen molar-refractivity contribution in [2.45, 2.75) is 25.9 Å². The quantitative estimate of drug-likeness (QED) is 0.833. The number of nitrogens with one attached hydrogen (secondary N) is 1. The molecule has 4 heteroatoms. The maximum absolute atomic E-state index is 5.30. The van der Waals surface area contributed by atoms with Crippen molar-refractivity contribution in [1.82, 2.24) is 14.9 Å². The molecule has 2 rings (SSSR count). The van der Waals surface area contributed by atoms with Crippen molar-refractivity contribution in [2.75, 3.05) is 0 Å². The summed E-state index contributed by atoms with van der Waals surface area (Å²) in [4.78, 5) is 4.26. The Labute approximate surface area is 95.3 Å². The average molecular weight is 219 g/mol. The lowest BCUT2D eigenvalue weighted by molar-refractivity contribution is 0.451. The molecule has 86 valence electrons. The van der Waals surface area contributed by atoms with Gasteiger partial charge in [0.1, 0.15) is 11.6 Å². The van der Waals surface area contributed by atoms with E-state index in [-0.39, 0.29) is 0 Å². The Kier molecular flexibility index (Phi) is 3.41. The van der Waals surface area contributed by atoms with Gasteiger partial charge in [0.25, 0.3) is 0 Å². The molecule has 0 radical (unpaired) electrons. The van der Waals surface area contributed by atoms with Crippen molar-refractivity contribution in [3.05, 3.63) is 42.4 Å². The molecule has 0 spiro atoms. The molecule has 4 nitrogen and oxygen atoms in total. The Bertz CT molecular complexity index is 419. The Balaban J connectivity index is 1.80. The van der Waals surface area contributed by atoms with E-state index in [4.69, 9.17) is 4.42 Å². The predicted molar refractivity (Wildman–Crippen MR) is 61.9 cm³/mol. The van der Waals surface area contributed by atoms with Crippen molar-refractivity contribution < 1.29 is 4.42 Å². The van der Waals surface area contributed by atoms with Gasteiger partial charge in [-0.25, -0.2) is 4.98 Å². The molecule has 0 aliphatic carbocycles. The molecule has 0 aliphatic rings. The summed E-state index contributed by atoms with van der Waals surface area (Å²) in [5, 5.41) is 3.42. The van der Waals surface area contributed by atoms with Gasteiger partial charge in [0.15, 0.2) is 0 Å². The van der Waals surface area contributed by atoms with Gasteiger partial charge in [-0.15, -0.1) is 0 Å². The zero-order valence-corrected chi connectivity index (χ0v) is 9.68. The number of imidazole rings is 1. The van der Waals surface area contributed by atoms with E-state index >= 15 is 0 Å². The molecule has 0 fully saturated rings. The minimum absolute atomic E-state index is 0.378. The van der Waals surface area contributed by atoms with Crippen LogP contribution in [-0.2, 0) is 20.0 Å². The third-order valence-corrected chi connectivity index (χ3v) is 2.62. The summed E-state index contributed by atoms with van der Waals surface area (Å²) in [6, 6.07) is 4.29. The molecule has 1 unspecified atom stereocenters. The molecule has 0 amide bonds. The van der Waals surface area contributed by atoms with Crippen molar-refractivity contribution in [3.63, 3.8) is 0 Å². The summed E-state index contributed by atoms with van der Waals surface area (Å²) in [6.45, 7) is 2.93. The Morgan fingerprint density at radius 2 is 2.44 bits per heavy atom. The highest BCUT2D eigenvalue weighted by molar-refractivity contribution is 5.00. The minimum Gasteiger partial charge on any atom is -0.469 e. The van der Waals surface area contributed by atoms with Gasteiger partial charge in [0.05, 0.1) is 12.8 Å². The number of aryl methyl sites for hydroxylation is 1. The molecule has 0 bridgehead atoms. The third-order valence-electron chi connectivity index (χ3n) is 2.62. The van der Waals surface area contributed by atoms with Crippen LogP contribution < -0.4 is 5.32 Å². The number of rotatable bonds is 5. The molecule has 16 heavy (non-hydrogen) atoms. The van der Waals surface area contributed by atoms with Crippen molar-refractivity contribution in [3.8, 4) is 0 Å². The van der Waals surface area contributed by atoms with E-state index in [1.807, 2.05) is 36.1 Å². The molecule has 2 aromatic rings. The summed E-state index contributed by atoms with van der Waals surface area (Å²) >= 11 is 0. The first-order valence-electron chi connectivity index (χ1n) is 5.47. The summed E-state index contributed by atoms with van der Waals surface area (Å²) in [5.41, 5.74) is 0. The van der Waals surface area contributed by atoms with E-state index in [1.165, 1.54) is 0 Å². The standard InChI is InChI=1S/C12H17N3O/c1-10(8-11-4-3-7-16-11)14-9-12-13-5-6-15(12)2/h3-7,10,14H,8-9H2,1-2H3. The number of hydrogen-bond acceptors (Lipinski definition) is 3. The fourth-order valence-electron chi connectivity index (χ4n) is 1.64. The average Bonchev–Trinajstić information content (AvgIpc) is 2.87. The molecule has 2 heterocycles. The molecule has 2 aromatic heterocycles. The maximum Gasteiger partial charge on any atom is 0.122 e. The fourth-order valence-corrected chi connectivity index (χ4v) is 1.64. The van der Waals surface area contributed by atoms with Crippen LogP contribution in [-0.4, -0.2) is 15.6 Å². The second-order valence-corrected chi connectivity index (χ2v) is 4.02. The zero-order chi connectivity index (χ0) is 11.4. The van der Waals surface area contributed by atoms with Crippen LogP contribution >= 0.6 is 0 Å². The zero-order valence-electron chi connectivity index (χ0n) is 9.68. The van der Waals surface area contributed by atoms with Gasteiger partial charge in [0, 0.05) is 31.9 Å². The topological polar surface area (TPSA) is 43.0 Å². The lowest BCUT2D eigenvalue weighted by Gasteiger charge is -2.12. The van der Waals surface area contributed by atoms with Gasteiger partial charge in [0.2, 0.25) is 0 Å². The molecule has 0 aromatic carbocycles. The van der Waals surface area contributed by atoms with Crippen LogP contribution in [0, 0.1) is 0 Å². The molecular formula is C12H17N3O. The minimum atomic E-state index is 0.378. The largest absolute Gasteiger partial charge is 0.469 e. The van der Waals surface area contributed by atoms with Gasteiger partial charge >= 0.3 is 0 Å². The smallest absolute Gasteiger partial charge is 0.122 e. The summed E-state index contributed by atoms with van der Waals surface area (Å²) in [6.07, 6.45) is 6.38. The summed E-state index contributed by atoms with van der Waals surface area (Å²) in [5.74, 6) is 2.06. The first-order valence-corrected chi connectivity index (χ1v) is 5.47. The highest BCUT2D eigenvalue weighted by Crippen LogP contribution is 2.04. The van der Waals surface area contributed by atoms with E-state index in [0.717, 1.165) is 24.6 Å². The highest BCUT2D eigenvalue weighted by Gasteiger charge is 2.06. The fraction of sp³-hybridized carbons (Fsp3) is 0.417. The van der Waals surface area contributed by atoms with Crippen LogP contribution in [0.15, 0.2) is 35.2 Å². The predicted octanol–water partition coefficient (Wildman–Crippen LogP) is 1.73. The van der Waals surface area contributed by atoms with E-state index in [0.29, 0.717) is 6.04 Å². The monoisotopic (exact) mass is 219 g/mol. The van der Waals surface area contributed by atoms with E-state index < -0.39 is 0 Å². The number of hydrogen-bond donors (Lipinski definition) is 1. The molecule has 0 aliphatic heterocycles. The SMILES string of the molecule is CC(Cc1ccco1)NCc1nccn1C. The highest BCUT2D eigenvalue weighted by atomic mass is 16.3. The van der Waals surface area contributed by atoms with Crippen molar-refractivity contribution >= 4 is 0 Å². The van der Waals surface area contributed by atoms with Crippen LogP contribution in [0.4, 0.5) is 0 Å². The third kappa shape index (κ3) is 2.73. The Morgan fingerprint density at radius 1 is 1.56 bits per heavy atom. The van der Waals surface area contributed by atoms with E-state index in [1.54, 1.807) is 6.26 Å². The van der Waals surface area contributed by atoms with Crippen LogP contribution in [0.1, 0.15) is 18.5 Å². The normalized spacial score (nSPS) is 12.9. The lowest BCUT2D eigenvalue weighted by Crippen LogP contribution is -2.28. The number of furan rings is 1. The second-order valence-electron chi connectivity index (χ2n) is 4.02. The van der Waals surface area contributed by atoms with E-state index in [9.17, 15) is 0 Å². The van der Waals surface area contributed by atoms with Crippen molar-refractivity contribution in [1.29, 1.82) is 0 Å². The van der Waals surface area contributed by atoms with E-state index in [2.05, 4.69) is 17.2 Å². The first-order chi connectivity index (χ1) is 7.75. The number of nitrogens with zero attached hydrogens (tertiary/aromatic N) is 2. The van der Waals surface area contributed by atoms with Crippen LogP contribution in [0.3, 0.4) is 0 Å².